The third-order valence-electron chi connectivity index (χ3n) is 4.03. The van der Waals surface area contributed by atoms with E-state index in [9.17, 15) is 4.79 Å². The molecular formula is C19H20IN3O3. The van der Waals surface area contributed by atoms with Gasteiger partial charge in [0, 0.05) is 16.5 Å². The normalized spacial score (nSPS) is 10.7. The highest BCUT2D eigenvalue weighted by Gasteiger charge is 2.15. The van der Waals surface area contributed by atoms with Gasteiger partial charge >= 0.3 is 0 Å². The van der Waals surface area contributed by atoms with E-state index in [1.54, 1.807) is 26.4 Å². The molecule has 2 N–H and O–H groups in total. The minimum Gasteiger partial charge on any atom is -0.493 e. The summed E-state index contributed by atoms with van der Waals surface area (Å²) in [5.41, 5.74) is 2.57. The van der Waals surface area contributed by atoms with Gasteiger partial charge in [-0.1, -0.05) is 12.1 Å². The first-order valence-electron chi connectivity index (χ1n) is 8.25. The van der Waals surface area contributed by atoms with Crippen LogP contribution in [-0.4, -0.2) is 36.6 Å². The molecule has 3 rings (SSSR count). The number of imidazole rings is 1. The number of H-pyrrole nitrogens is 1. The average Bonchev–Trinajstić information content (AvgIpc) is 3.07. The maximum absolute atomic E-state index is 12.4. The maximum atomic E-state index is 12.4. The number of ether oxygens (including phenoxy) is 2. The van der Waals surface area contributed by atoms with Gasteiger partial charge in [-0.15, -0.1) is 0 Å². The van der Waals surface area contributed by atoms with E-state index in [0.29, 0.717) is 23.6 Å². The third-order valence-corrected chi connectivity index (χ3v) is 4.92. The fraction of sp³-hybridized carbons (Fsp3) is 0.263. The van der Waals surface area contributed by atoms with Gasteiger partial charge in [0.15, 0.2) is 11.5 Å². The van der Waals surface area contributed by atoms with Crippen LogP contribution in [0.5, 0.6) is 11.5 Å². The number of rotatable bonds is 7. The Morgan fingerprint density at radius 1 is 1.19 bits per heavy atom. The summed E-state index contributed by atoms with van der Waals surface area (Å²) in [4.78, 5) is 20.3. The molecule has 0 aliphatic carbocycles. The number of carbonyl (C=O) groups is 1. The second-order valence-electron chi connectivity index (χ2n) is 5.75. The Kier molecular flexibility index (Phi) is 5.97. The molecule has 1 amide bonds. The molecule has 136 valence electrons. The number of para-hydroxylation sites is 2. The first kappa shape index (κ1) is 18.5. The van der Waals surface area contributed by atoms with Gasteiger partial charge in [-0.3, -0.25) is 4.79 Å². The van der Waals surface area contributed by atoms with Gasteiger partial charge in [-0.05, 0) is 53.3 Å². The lowest BCUT2D eigenvalue weighted by molar-refractivity contribution is 0.0952. The minimum atomic E-state index is -0.125. The number of aryl methyl sites for hydroxylation is 1. The SMILES string of the molecule is COc1cc(I)c(C(=O)NCCCc2nc3ccccc3[nH]2)cc1OC. The molecule has 0 atom stereocenters. The highest BCUT2D eigenvalue weighted by atomic mass is 127. The maximum Gasteiger partial charge on any atom is 0.252 e. The number of nitrogens with zero attached hydrogens (tertiary/aromatic N) is 1. The van der Waals surface area contributed by atoms with Crippen molar-refractivity contribution in [3.8, 4) is 11.5 Å². The van der Waals surface area contributed by atoms with Gasteiger partial charge in [0.2, 0.25) is 0 Å². The van der Waals surface area contributed by atoms with Crippen molar-refractivity contribution >= 4 is 39.5 Å². The lowest BCUT2D eigenvalue weighted by Crippen LogP contribution is -2.25. The molecule has 1 heterocycles. The largest absolute Gasteiger partial charge is 0.493 e. The molecule has 0 saturated carbocycles. The zero-order valence-electron chi connectivity index (χ0n) is 14.6. The fourth-order valence-corrected chi connectivity index (χ4v) is 3.39. The fourth-order valence-electron chi connectivity index (χ4n) is 2.71. The Bertz CT molecular complexity index is 891. The summed E-state index contributed by atoms with van der Waals surface area (Å²) < 4.78 is 11.3. The summed E-state index contributed by atoms with van der Waals surface area (Å²) in [6.07, 6.45) is 1.58. The van der Waals surface area contributed by atoms with E-state index >= 15 is 0 Å². The number of nitrogens with one attached hydrogen (secondary N) is 2. The average molecular weight is 465 g/mol. The van der Waals surface area contributed by atoms with Gasteiger partial charge in [0.25, 0.3) is 5.91 Å². The highest BCUT2D eigenvalue weighted by molar-refractivity contribution is 14.1. The Hall–Kier alpha value is -2.29. The molecule has 0 saturated heterocycles. The predicted molar refractivity (Wildman–Crippen MR) is 109 cm³/mol. The lowest BCUT2D eigenvalue weighted by Gasteiger charge is -2.12. The van der Waals surface area contributed by atoms with Crippen molar-refractivity contribution in [2.24, 2.45) is 0 Å². The van der Waals surface area contributed by atoms with Crippen LogP contribution in [0.3, 0.4) is 0 Å². The van der Waals surface area contributed by atoms with Crippen LogP contribution in [0.15, 0.2) is 36.4 Å². The van der Waals surface area contributed by atoms with E-state index < -0.39 is 0 Å². The number of amides is 1. The van der Waals surface area contributed by atoms with Crippen molar-refractivity contribution in [3.05, 3.63) is 51.4 Å². The van der Waals surface area contributed by atoms with Crippen molar-refractivity contribution < 1.29 is 14.3 Å². The Labute approximate surface area is 165 Å². The van der Waals surface area contributed by atoms with E-state index in [-0.39, 0.29) is 5.91 Å². The van der Waals surface area contributed by atoms with Crippen molar-refractivity contribution in [1.82, 2.24) is 15.3 Å². The molecule has 2 aromatic carbocycles. The van der Waals surface area contributed by atoms with Crippen LogP contribution in [0.4, 0.5) is 0 Å². The summed E-state index contributed by atoms with van der Waals surface area (Å²) >= 11 is 2.12. The summed E-state index contributed by atoms with van der Waals surface area (Å²) in [5, 5.41) is 2.95. The Balaban J connectivity index is 1.57. The molecule has 0 aliphatic rings. The van der Waals surface area contributed by atoms with E-state index in [2.05, 4.69) is 37.9 Å². The molecule has 26 heavy (non-hydrogen) atoms. The van der Waals surface area contributed by atoms with Gasteiger partial charge in [0.1, 0.15) is 5.82 Å². The molecular weight excluding hydrogens is 445 g/mol. The number of aromatic amines is 1. The van der Waals surface area contributed by atoms with Gasteiger partial charge in [-0.25, -0.2) is 4.98 Å². The van der Waals surface area contributed by atoms with Crippen LogP contribution in [0, 0.1) is 3.57 Å². The molecule has 3 aromatic rings. The van der Waals surface area contributed by atoms with Crippen LogP contribution in [0.25, 0.3) is 11.0 Å². The van der Waals surface area contributed by atoms with Crippen molar-refractivity contribution in [1.29, 1.82) is 0 Å². The van der Waals surface area contributed by atoms with E-state index in [4.69, 9.17) is 9.47 Å². The summed E-state index contributed by atoms with van der Waals surface area (Å²) in [7, 11) is 3.13. The zero-order chi connectivity index (χ0) is 18.5. The smallest absolute Gasteiger partial charge is 0.252 e. The molecule has 0 fully saturated rings. The molecule has 1 aromatic heterocycles. The number of halogens is 1. The number of aromatic nitrogens is 2. The first-order valence-corrected chi connectivity index (χ1v) is 9.33. The number of hydrogen-bond donors (Lipinski definition) is 2. The molecule has 0 aliphatic heterocycles. The Morgan fingerprint density at radius 3 is 2.65 bits per heavy atom. The lowest BCUT2D eigenvalue weighted by atomic mass is 10.2. The monoisotopic (exact) mass is 465 g/mol. The van der Waals surface area contributed by atoms with Gasteiger partial charge in [0.05, 0.1) is 30.8 Å². The topological polar surface area (TPSA) is 76.2 Å². The van der Waals surface area contributed by atoms with Crippen molar-refractivity contribution in [3.63, 3.8) is 0 Å². The van der Waals surface area contributed by atoms with Crippen LogP contribution >= 0.6 is 22.6 Å². The molecule has 0 spiro atoms. The molecule has 0 unspecified atom stereocenters. The third kappa shape index (κ3) is 4.09. The molecule has 0 radical (unpaired) electrons. The second-order valence-corrected chi connectivity index (χ2v) is 6.91. The summed E-state index contributed by atoms with van der Waals surface area (Å²) in [6, 6.07) is 11.4. The predicted octanol–water partition coefficient (Wildman–Crippen LogP) is 3.55. The summed E-state index contributed by atoms with van der Waals surface area (Å²) in [6.45, 7) is 0.570. The molecule has 0 bridgehead atoms. The highest BCUT2D eigenvalue weighted by Crippen LogP contribution is 2.31. The minimum absolute atomic E-state index is 0.125. The number of benzene rings is 2. The number of methoxy groups -OCH3 is 2. The molecule has 7 heteroatoms. The quantitative estimate of drug-likeness (QED) is 0.414. The van der Waals surface area contributed by atoms with E-state index in [1.807, 2.05) is 24.3 Å². The van der Waals surface area contributed by atoms with Gasteiger partial charge in [-0.2, -0.15) is 0 Å². The Morgan fingerprint density at radius 2 is 1.92 bits per heavy atom. The van der Waals surface area contributed by atoms with Crippen LogP contribution < -0.4 is 14.8 Å². The first-order chi connectivity index (χ1) is 12.6. The number of hydrogen-bond acceptors (Lipinski definition) is 4. The second kappa shape index (κ2) is 8.39. The number of carbonyl (C=O) groups excluding carboxylic acids is 1. The van der Waals surface area contributed by atoms with E-state index in [0.717, 1.165) is 33.3 Å². The van der Waals surface area contributed by atoms with Crippen molar-refractivity contribution in [2.45, 2.75) is 12.8 Å². The van der Waals surface area contributed by atoms with Crippen molar-refractivity contribution in [2.75, 3.05) is 20.8 Å². The number of fused-ring (bicyclic) bond motifs is 1. The standard InChI is InChI=1S/C19H20IN3O3/c1-25-16-10-12(13(20)11-17(16)26-2)19(24)21-9-5-8-18-22-14-6-3-4-7-15(14)23-18/h3-4,6-7,10-11H,5,8-9H2,1-2H3,(H,21,24)(H,22,23). The van der Waals surface area contributed by atoms with Crippen LogP contribution in [0.1, 0.15) is 22.6 Å². The van der Waals surface area contributed by atoms with Crippen LogP contribution in [-0.2, 0) is 6.42 Å². The van der Waals surface area contributed by atoms with E-state index in [1.165, 1.54) is 0 Å². The van der Waals surface area contributed by atoms with Gasteiger partial charge < -0.3 is 19.8 Å². The van der Waals surface area contributed by atoms with Crippen LogP contribution in [0.2, 0.25) is 0 Å². The summed E-state index contributed by atoms with van der Waals surface area (Å²) in [5.74, 6) is 1.96. The zero-order valence-corrected chi connectivity index (χ0v) is 16.8. The molecule has 6 nitrogen and oxygen atoms in total.